The van der Waals surface area contributed by atoms with Crippen LogP contribution in [0.25, 0.3) is 0 Å². The van der Waals surface area contributed by atoms with E-state index in [1.165, 1.54) is 17.0 Å². The van der Waals surface area contributed by atoms with Gasteiger partial charge in [-0.3, -0.25) is 9.59 Å². The summed E-state index contributed by atoms with van der Waals surface area (Å²) in [5.74, 6) is -2.06. The fourth-order valence-electron chi connectivity index (χ4n) is 3.60. The van der Waals surface area contributed by atoms with Gasteiger partial charge in [0.15, 0.2) is 0 Å². The predicted molar refractivity (Wildman–Crippen MR) is 119 cm³/mol. The van der Waals surface area contributed by atoms with Crippen molar-refractivity contribution >= 4 is 29.6 Å². The van der Waals surface area contributed by atoms with Crippen LogP contribution in [0.3, 0.4) is 0 Å². The average Bonchev–Trinajstić information content (AvgIpc) is 2.71. The number of hydrogen-bond acceptors (Lipinski definition) is 6. The Morgan fingerprint density at radius 2 is 1.84 bits per heavy atom. The number of carbonyl (C=O) groups excluding carboxylic acids is 4. The number of para-hydroxylation sites is 1. The van der Waals surface area contributed by atoms with Crippen molar-refractivity contribution in [3.05, 3.63) is 29.8 Å². The van der Waals surface area contributed by atoms with Crippen LogP contribution in [0.1, 0.15) is 57.8 Å². The number of anilines is 1. The topological polar surface area (TPSA) is 114 Å². The van der Waals surface area contributed by atoms with Gasteiger partial charge in [0.25, 0.3) is 0 Å². The molecule has 1 heterocycles. The number of likely N-dealkylation sites (tertiary alicyclic amines) is 1. The average molecular weight is 448 g/mol. The van der Waals surface area contributed by atoms with Gasteiger partial charge in [-0.15, -0.1) is 0 Å². The van der Waals surface area contributed by atoms with Gasteiger partial charge in [-0.25, -0.2) is 9.59 Å². The number of piperidine rings is 1. The molecule has 0 radical (unpaired) electrons. The monoisotopic (exact) mass is 447 g/mol. The van der Waals surface area contributed by atoms with Crippen LogP contribution < -0.4 is 10.6 Å². The van der Waals surface area contributed by atoms with Crippen molar-refractivity contribution in [1.29, 1.82) is 0 Å². The van der Waals surface area contributed by atoms with Crippen molar-refractivity contribution in [3.63, 3.8) is 0 Å². The fourth-order valence-corrected chi connectivity index (χ4v) is 3.60. The summed E-state index contributed by atoms with van der Waals surface area (Å²) in [7, 11) is 0. The Morgan fingerprint density at radius 1 is 1.16 bits per heavy atom. The number of alkyl carbamates (subject to hydrolysis) is 1. The van der Waals surface area contributed by atoms with Crippen LogP contribution in [-0.4, -0.2) is 60.1 Å². The molecule has 1 aromatic rings. The van der Waals surface area contributed by atoms with Gasteiger partial charge in [0.1, 0.15) is 5.60 Å². The molecule has 3 amide bonds. The largest absolute Gasteiger partial charge is 0.462 e. The summed E-state index contributed by atoms with van der Waals surface area (Å²) >= 11 is 0. The van der Waals surface area contributed by atoms with Crippen molar-refractivity contribution < 1.29 is 28.7 Å². The van der Waals surface area contributed by atoms with Crippen LogP contribution in [0, 0.1) is 5.92 Å². The number of esters is 1. The molecule has 1 aliphatic heterocycles. The zero-order valence-corrected chi connectivity index (χ0v) is 19.4. The van der Waals surface area contributed by atoms with Crippen LogP contribution in [0.4, 0.5) is 10.5 Å². The van der Waals surface area contributed by atoms with E-state index in [1.807, 2.05) is 6.92 Å². The third-order valence-electron chi connectivity index (χ3n) is 5.10. The van der Waals surface area contributed by atoms with Crippen molar-refractivity contribution in [2.45, 2.75) is 59.1 Å². The first-order chi connectivity index (χ1) is 15.0. The summed E-state index contributed by atoms with van der Waals surface area (Å²) in [5.41, 5.74) is -0.257. The number of nitrogens with one attached hydrogen (secondary N) is 2. The normalized spacial score (nSPS) is 18.5. The van der Waals surface area contributed by atoms with E-state index >= 15 is 0 Å². The molecule has 0 aliphatic carbocycles. The van der Waals surface area contributed by atoms with E-state index in [1.54, 1.807) is 39.8 Å². The van der Waals surface area contributed by atoms with Gasteiger partial charge in [0.05, 0.1) is 23.9 Å². The number of rotatable bonds is 5. The second-order valence-corrected chi connectivity index (χ2v) is 8.79. The number of nitrogens with zero attached hydrogens (tertiary/aromatic N) is 1. The maximum absolute atomic E-state index is 13.0. The standard InChI is InChI=1S/C23H33N3O6/c1-6-31-21(29)16-11-7-8-12-17(16)25-19(27)20(28)26-13-9-10-15(2)18(26)14-24-22(30)32-23(3,4)5/h7-8,11-12,15,18H,6,9-10,13-14H2,1-5H3,(H,24,30)(H,25,27). The first-order valence-corrected chi connectivity index (χ1v) is 10.9. The first-order valence-electron chi connectivity index (χ1n) is 10.9. The Hall–Kier alpha value is -3.10. The van der Waals surface area contributed by atoms with Crippen LogP contribution in [-0.2, 0) is 19.1 Å². The second-order valence-electron chi connectivity index (χ2n) is 8.79. The second kappa shape index (κ2) is 11.0. The van der Waals surface area contributed by atoms with Crippen LogP contribution in [0.15, 0.2) is 24.3 Å². The lowest BCUT2D eigenvalue weighted by Crippen LogP contribution is -2.55. The summed E-state index contributed by atoms with van der Waals surface area (Å²) in [6.45, 7) is 9.74. The molecule has 1 aromatic carbocycles. The molecular weight excluding hydrogens is 414 g/mol. The zero-order valence-electron chi connectivity index (χ0n) is 19.4. The van der Waals surface area contributed by atoms with E-state index in [4.69, 9.17) is 9.47 Å². The lowest BCUT2D eigenvalue weighted by molar-refractivity contribution is -0.146. The third kappa shape index (κ3) is 6.96. The van der Waals surface area contributed by atoms with E-state index in [9.17, 15) is 19.2 Å². The molecule has 9 heteroatoms. The minimum atomic E-state index is -0.849. The Labute approximate surface area is 188 Å². The van der Waals surface area contributed by atoms with E-state index in [-0.39, 0.29) is 36.4 Å². The van der Waals surface area contributed by atoms with Crippen LogP contribution in [0.2, 0.25) is 0 Å². The van der Waals surface area contributed by atoms with Crippen molar-refractivity contribution in [3.8, 4) is 0 Å². The van der Waals surface area contributed by atoms with Crippen molar-refractivity contribution in [2.75, 3.05) is 25.0 Å². The minimum Gasteiger partial charge on any atom is -0.462 e. The number of amides is 3. The smallest absolute Gasteiger partial charge is 0.407 e. The summed E-state index contributed by atoms with van der Waals surface area (Å²) in [4.78, 5) is 51.4. The molecule has 1 aliphatic rings. The highest BCUT2D eigenvalue weighted by Gasteiger charge is 2.35. The van der Waals surface area contributed by atoms with E-state index < -0.39 is 29.5 Å². The Bertz CT molecular complexity index is 848. The molecule has 2 atom stereocenters. The fraction of sp³-hybridized carbons (Fsp3) is 0.565. The summed E-state index contributed by atoms with van der Waals surface area (Å²) in [5, 5.41) is 5.24. The molecule has 0 spiro atoms. The number of benzene rings is 1. The molecule has 9 nitrogen and oxygen atoms in total. The SMILES string of the molecule is CCOC(=O)c1ccccc1NC(=O)C(=O)N1CCCC(C)C1CNC(=O)OC(C)(C)C. The molecule has 0 aromatic heterocycles. The molecule has 0 saturated carbocycles. The highest BCUT2D eigenvalue weighted by molar-refractivity contribution is 6.40. The Morgan fingerprint density at radius 3 is 2.50 bits per heavy atom. The van der Waals surface area contributed by atoms with E-state index in [0.29, 0.717) is 6.54 Å². The third-order valence-corrected chi connectivity index (χ3v) is 5.10. The molecule has 0 bridgehead atoms. The highest BCUT2D eigenvalue weighted by atomic mass is 16.6. The lowest BCUT2D eigenvalue weighted by atomic mass is 9.90. The molecule has 1 saturated heterocycles. The maximum Gasteiger partial charge on any atom is 0.407 e. The lowest BCUT2D eigenvalue weighted by Gasteiger charge is -2.39. The predicted octanol–water partition coefficient (Wildman–Crippen LogP) is 2.95. The molecule has 1 fully saturated rings. The summed E-state index contributed by atoms with van der Waals surface area (Å²) < 4.78 is 10.3. The molecule has 32 heavy (non-hydrogen) atoms. The van der Waals surface area contributed by atoms with Crippen molar-refractivity contribution in [2.24, 2.45) is 5.92 Å². The van der Waals surface area contributed by atoms with Gasteiger partial charge in [-0.05, 0) is 58.6 Å². The Kier molecular flexibility index (Phi) is 8.63. The first kappa shape index (κ1) is 25.2. The Balaban J connectivity index is 2.10. The maximum atomic E-state index is 13.0. The van der Waals surface area contributed by atoms with Gasteiger partial charge in [-0.2, -0.15) is 0 Å². The van der Waals surface area contributed by atoms with Gasteiger partial charge in [0.2, 0.25) is 0 Å². The van der Waals surface area contributed by atoms with Gasteiger partial charge in [0, 0.05) is 13.1 Å². The summed E-state index contributed by atoms with van der Waals surface area (Å²) in [6.07, 6.45) is 1.05. The van der Waals surface area contributed by atoms with Gasteiger partial charge in [-0.1, -0.05) is 19.1 Å². The molecule has 176 valence electrons. The van der Waals surface area contributed by atoms with Gasteiger partial charge >= 0.3 is 23.9 Å². The van der Waals surface area contributed by atoms with Crippen LogP contribution >= 0.6 is 0 Å². The molecule has 2 N–H and O–H groups in total. The molecular formula is C23H33N3O6. The number of ether oxygens (including phenoxy) is 2. The number of hydrogen-bond donors (Lipinski definition) is 2. The zero-order chi connectivity index (χ0) is 23.9. The minimum absolute atomic E-state index is 0.0854. The summed E-state index contributed by atoms with van der Waals surface area (Å²) in [6, 6.07) is 6.01. The van der Waals surface area contributed by atoms with Crippen LogP contribution in [0.5, 0.6) is 0 Å². The number of carbonyl (C=O) groups is 4. The van der Waals surface area contributed by atoms with E-state index in [0.717, 1.165) is 12.8 Å². The molecule has 2 rings (SSSR count). The van der Waals surface area contributed by atoms with Gasteiger partial charge < -0.3 is 25.0 Å². The highest BCUT2D eigenvalue weighted by Crippen LogP contribution is 2.24. The van der Waals surface area contributed by atoms with E-state index in [2.05, 4.69) is 10.6 Å². The van der Waals surface area contributed by atoms with Crippen molar-refractivity contribution in [1.82, 2.24) is 10.2 Å². The quantitative estimate of drug-likeness (QED) is 0.530. The molecule has 2 unspecified atom stereocenters.